The molecule has 1 N–H and O–H groups in total. The number of halogens is 2. The molecular weight excluding hydrogens is 420 g/mol. The first-order chi connectivity index (χ1) is 9.90. The second-order valence-corrected chi connectivity index (χ2v) is 8.85. The van der Waals surface area contributed by atoms with Gasteiger partial charge in [0.1, 0.15) is 0 Å². The van der Waals surface area contributed by atoms with Gasteiger partial charge in [0.15, 0.2) is 0 Å². The summed E-state index contributed by atoms with van der Waals surface area (Å²) in [6.45, 7) is 5.33. The van der Waals surface area contributed by atoms with E-state index in [1.54, 1.807) is 16.4 Å². The third-order valence-corrected chi connectivity index (χ3v) is 7.30. The Morgan fingerprint density at radius 1 is 1.29 bits per heavy atom. The van der Waals surface area contributed by atoms with E-state index in [0.717, 1.165) is 17.3 Å². The van der Waals surface area contributed by atoms with Crippen LogP contribution in [0.1, 0.15) is 26.7 Å². The quantitative estimate of drug-likeness (QED) is 0.782. The van der Waals surface area contributed by atoms with E-state index in [-0.39, 0.29) is 12.1 Å². The third kappa shape index (κ3) is 3.69. The lowest BCUT2D eigenvalue weighted by Gasteiger charge is -2.39. The van der Waals surface area contributed by atoms with E-state index in [2.05, 4.69) is 44.1 Å². The van der Waals surface area contributed by atoms with Gasteiger partial charge in [-0.1, -0.05) is 29.8 Å². The lowest BCUT2D eigenvalue weighted by molar-refractivity contribution is 0.215. The van der Waals surface area contributed by atoms with Gasteiger partial charge < -0.3 is 5.32 Å². The van der Waals surface area contributed by atoms with Crippen LogP contribution in [0.4, 0.5) is 0 Å². The first kappa shape index (κ1) is 17.4. The summed E-state index contributed by atoms with van der Waals surface area (Å²) < 4.78 is 29.1. The second-order valence-electron chi connectivity index (χ2n) is 5.22. The molecule has 0 aliphatic carbocycles. The largest absolute Gasteiger partial charge is 0.311 e. The van der Waals surface area contributed by atoms with Crippen molar-refractivity contribution in [3.8, 4) is 0 Å². The number of piperazine rings is 1. The molecule has 4 nitrogen and oxygen atoms in total. The maximum atomic E-state index is 13.0. The van der Waals surface area contributed by atoms with Crippen LogP contribution in [0.15, 0.2) is 32.0 Å². The molecule has 7 heteroatoms. The van der Waals surface area contributed by atoms with Gasteiger partial charge in [-0.3, -0.25) is 0 Å². The summed E-state index contributed by atoms with van der Waals surface area (Å²) >= 11 is 6.72. The highest BCUT2D eigenvalue weighted by Crippen LogP contribution is 2.30. The van der Waals surface area contributed by atoms with Crippen LogP contribution in [0.5, 0.6) is 0 Å². The summed E-state index contributed by atoms with van der Waals surface area (Å²) in [4.78, 5) is 0.326. The molecule has 1 aliphatic heterocycles. The van der Waals surface area contributed by atoms with Crippen molar-refractivity contribution in [1.29, 1.82) is 0 Å². The van der Waals surface area contributed by atoms with Crippen molar-refractivity contribution >= 4 is 41.9 Å². The first-order valence-corrected chi connectivity index (χ1v) is 10.1. The molecule has 1 saturated heterocycles. The predicted molar refractivity (Wildman–Crippen MR) is 91.9 cm³/mol. The van der Waals surface area contributed by atoms with E-state index in [4.69, 9.17) is 0 Å². The summed E-state index contributed by atoms with van der Waals surface area (Å²) in [5.41, 5.74) is 0. The maximum absolute atomic E-state index is 13.0. The van der Waals surface area contributed by atoms with Gasteiger partial charge >= 0.3 is 0 Å². The molecule has 0 aromatic heterocycles. The average Bonchev–Trinajstić information content (AvgIpc) is 2.48. The molecule has 0 bridgehead atoms. The smallest absolute Gasteiger partial charge is 0.244 e. The van der Waals surface area contributed by atoms with Crippen LogP contribution in [0, 0.1) is 0 Å². The highest BCUT2D eigenvalue weighted by molar-refractivity contribution is 9.11. The summed E-state index contributed by atoms with van der Waals surface area (Å²) in [7, 11) is -3.50. The number of hydrogen-bond acceptors (Lipinski definition) is 3. The van der Waals surface area contributed by atoms with Crippen LogP contribution in [-0.4, -0.2) is 37.9 Å². The number of benzene rings is 1. The Labute approximate surface area is 143 Å². The molecule has 1 aromatic carbocycles. The average molecular weight is 440 g/mol. The molecule has 21 heavy (non-hydrogen) atoms. The van der Waals surface area contributed by atoms with Crippen LogP contribution >= 0.6 is 31.9 Å². The monoisotopic (exact) mass is 438 g/mol. The van der Waals surface area contributed by atoms with Gasteiger partial charge in [0.25, 0.3) is 0 Å². The molecule has 0 amide bonds. The van der Waals surface area contributed by atoms with Crippen LogP contribution < -0.4 is 5.32 Å². The lowest BCUT2D eigenvalue weighted by atomic mass is 10.1. The number of rotatable bonds is 4. The molecule has 0 radical (unpaired) electrons. The topological polar surface area (TPSA) is 49.4 Å². The summed E-state index contributed by atoms with van der Waals surface area (Å²) in [6.07, 6.45) is 1.72. The van der Waals surface area contributed by atoms with E-state index in [0.29, 0.717) is 22.5 Å². The molecule has 1 fully saturated rings. The van der Waals surface area contributed by atoms with E-state index in [9.17, 15) is 8.42 Å². The van der Waals surface area contributed by atoms with Gasteiger partial charge in [-0.25, -0.2) is 8.42 Å². The highest BCUT2D eigenvalue weighted by atomic mass is 79.9. The van der Waals surface area contributed by atoms with E-state index >= 15 is 0 Å². The Kier molecular flexibility index (Phi) is 5.87. The molecule has 0 saturated carbocycles. The highest BCUT2D eigenvalue weighted by Gasteiger charge is 2.36. The van der Waals surface area contributed by atoms with Crippen LogP contribution in [0.3, 0.4) is 0 Å². The molecule has 1 heterocycles. The third-order valence-electron chi connectivity index (χ3n) is 3.89. The van der Waals surface area contributed by atoms with Crippen molar-refractivity contribution in [3.63, 3.8) is 0 Å². The van der Waals surface area contributed by atoms with Crippen molar-refractivity contribution < 1.29 is 8.42 Å². The standard InChI is InChI=1S/C14H20Br2N2O2S/c1-3-11-9-18(12(4-2)8-17-11)21(19,20)14-7-10(15)5-6-13(14)16/h5-7,11-12,17H,3-4,8-9H2,1-2H3. The Morgan fingerprint density at radius 3 is 2.62 bits per heavy atom. The van der Waals surface area contributed by atoms with Gasteiger partial charge in [-0.15, -0.1) is 0 Å². The van der Waals surface area contributed by atoms with Crippen LogP contribution in [-0.2, 0) is 10.0 Å². The molecule has 2 atom stereocenters. The molecular formula is C14H20Br2N2O2S. The fraction of sp³-hybridized carbons (Fsp3) is 0.571. The van der Waals surface area contributed by atoms with Crippen molar-refractivity contribution in [2.45, 2.75) is 43.7 Å². The Morgan fingerprint density at radius 2 is 2.00 bits per heavy atom. The number of nitrogens with one attached hydrogen (secondary N) is 1. The minimum Gasteiger partial charge on any atom is -0.311 e. The Hall–Kier alpha value is 0.0500. The molecule has 1 aliphatic rings. The minimum atomic E-state index is -3.50. The van der Waals surface area contributed by atoms with E-state index in [1.165, 1.54) is 0 Å². The predicted octanol–water partition coefficient (Wildman–Crippen LogP) is 3.36. The number of hydrogen-bond donors (Lipinski definition) is 1. The summed E-state index contributed by atoms with van der Waals surface area (Å²) in [5, 5.41) is 3.42. The first-order valence-electron chi connectivity index (χ1n) is 7.10. The molecule has 2 rings (SSSR count). The zero-order valence-electron chi connectivity index (χ0n) is 12.1. The Balaban J connectivity index is 2.42. The SMILES string of the molecule is CCC1CN(S(=O)(=O)c2cc(Br)ccc2Br)C(CC)CN1. The van der Waals surface area contributed by atoms with Gasteiger partial charge in [-0.05, 0) is 47.0 Å². The number of sulfonamides is 1. The molecule has 1 aromatic rings. The fourth-order valence-corrected chi connectivity index (χ4v) is 5.76. The maximum Gasteiger partial charge on any atom is 0.244 e. The summed E-state index contributed by atoms with van der Waals surface area (Å²) in [6, 6.07) is 5.47. The molecule has 118 valence electrons. The van der Waals surface area contributed by atoms with E-state index < -0.39 is 10.0 Å². The van der Waals surface area contributed by atoms with Gasteiger partial charge in [0.2, 0.25) is 10.0 Å². The molecule has 0 spiro atoms. The summed E-state index contributed by atoms with van der Waals surface area (Å²) in [5.74, 6) is 0. The van der Waals surface area contributed by atoms with Crippen LogP contribution in [0.25, 0.3) is 0 Å². The van der Waals surface area contributed by atoms with E-state index in [1.807, 2.05) is 13.0 Å². The minimum absolute atomic E-state index is 0.00341. The lowest BCUT2D eigenvalue weighted by Crippen LogP contribution is -2.57. The van der Waals surface area contributed by atoms with Crippen molar-refractivity contribution in [1.82, 2.24) is 9.62 Å². The Bertz CT molecular complexity index is 607. The normalized spacial score (nSPS) is 24.2. The number of nitrogens with zero attached hydrogens (tertiary/aromatic N) is 1. The van der Waals surface area contributed by atoms with Gasteiger partial charge in [0, 0.05) is 34.1 Å². The zero-order valence-corrected chi connectivity index (χ0v) is 16.1. The van der Waals surface area contributed by atoms with Crippen molar-refractivity contribution in [3.05, 3.63) is 27.1 Å². The van der Waals surface area contributed by atoms with Crippen LogP contribution in [0.2, 0.25) is 0 Å². The fourth-order valence-electron chi connectivity index (χ4n) is 2.55. The van der Waals surface area contributed by atoms with Crippen molar-refractivity contribution in [2.24, 2.45) is 0 Å². The zero-order chi connectivity index (χ0) is 15.6. The van der Waals surface area contributed by atoms with Gasteiger partial charge in [0.05, 0.1) is 4.90 Å². The van der Waals surface area contributed by atoms with Gasteiger partial charge in [-0.2, -0.15) is 4.31 Å². The second kappa shape index (κ2) is 7.08. The van der Waals surface area contributed by atoms with Crippen molar-refractivity contribution in [2.75, 3.05) is 13.1 Å². The molecule has 2 unspecified atom stereocenters.